The Morgan fingerprint density at radius 1 is 1.21 bits per heavy atom. The standard InChI is InChI=1S/C24H27ClN6O2/c25-20-11-19(4-1-16(20)12-26)33-18-5-2-17(3-6-18)28-23(32)21-7-8-22(30-29-21)31-10-9-24(15-31)13-27-14-24/h1,4,7-8,11,17-18,27H,2-3,5-6,9-10,13-15H2,(H,28,32)/t17-,18-. The molecule has 2 aromatic rings. The van der Waals surface area contributed by atoms with E-state index >= 15 is 0 Å². The maximum atomic E-state index is 12.7. The fourth-order valence-corrected chi connectivity index (χ4v) is 5.16. The molecule has 3 heterocycles. The van der Waals surface area contributed by atoms with Crippen molar-refractivity contribution in [3.63, 3.8) is 0 Å². The molecule has 3 aliphatic rings. The van der Waals surface area contributed by atoms with Crippen LogP contribution in [0.15, 0.2) is 30.3 Å². The predicted octanol–water partition coefficient (Wildman–Crippen LogP) is 2.92. The number of ether oxygens (including phenoxy) is 1. The minimum absolute atomic E-state index is 0.0656. The van der Waals surface area contributed by atoms with E-state index in [0.29, 0.717) is 27.4 Å². The number of halogens is 1. The first kappa shape index (κ1) is 21.9. The molecule has 0 unspecified atom stereocenters. The van der Waals surface area contributed by atoms with Crippen LogP contribution in [-0.2, 0) is 0 Å². The van der Waals surface area contributed by atoms with Gasteiger partial charge in [0, 0.05) is 43.7 Å². The minimum Gasteiger partial charge on any atom is -0.490 e. The lowest BCUT2D eigenvalue weighted by Crippen LogP contribution is -2.54. The molecule has 2 aliphatic heterocycles. The third-order valence-electron chi connectivity index (χ3n) is 7.02. The normalized spacial score (nSPS) is 23.6. The number of nitrogens with one attached hydrogen (secondary N) is 2. The van der Waals surface area contributed by atoms with E-state index in [9.17, 15) is 4.79 Å². The highest BCUT2D eigenvalue weighted by Crippen LogP contribution is 2.35. The van der Waals surface area contributed by atoms with Gasteiger partial charge in [-0.1, -0.05) is 11.6 Å². The quantitative estimate of drug-likeness (QED) is 0.698. The molecule has 2 saturated heterocycles. The van der Waals surface area contributed by atoms with E-state index in [4.69, 9.17) is 21.6 Å². The van der Waals surface area contributed by atoms with Crippen LogP contribution in [0.3, 0.4) is 0 Å². The molecule has 33 heavy (non-hydrogen) atoms. The van der Waals surface area contributed by atoms with E-state index in [1.165, 1.54) is 6.42 Å². The summed E-state index contributed by atoms with van der Waals surface area (Å²) < 4.78 is 6.02. The molecule has 3 fully saturated rings. The summed E-state index contributed by atoms with van der Waals surface area (Å²) in [5, 5.41) is 24.3. The Kier molecular flexibility index (Phi) is 6.09. The summed E-state index contributed by atoms with van der Waals surface area (Å²) in [6.07, 6.45) is 4.56. The van der Waals surface area contributed by atoms with Gasteiger partial charge in [0.15, 0.2) is 11.5 Å². The Labute approximate surface area is 198 Å². The van der Waals surface area contributed by atoms with Gasteiger partial charge in [0.25, 0.3) is 5.91 Å². The van der Waals surface area contributed by atoms with Gasteiger partial charge in [-0.2, -0.15) is 5.26 Å². The van der Waals surface area contributed by atoms with Crippen molar-refractivity contribution in [2.45, 2.75) is 44.2 Å². The third-order valence-corrected chi connectivity index (χ3v) is 7.33. The third kappa shape index (κ3) is 4.75. The maximum absolute atomic E-state index is 12.7. The van der Waals surface area contributed by atoms with E-state index in [1.54, 1.807) is 24.3 Å². The summed E-state index contributed by atoms with van der Waals surface area (Å²) in [6, 6.07) is 10.9. The van der Waals surface area contributed by atoms with Gasteiger partial charge in [0.1, 0.15) is 11.8 Å². The number of anilines is 1. The Morgan fingerprint density at radius 2 is 2.03 bits per heavy atom. The Hall–Kier alpha value is -2.89. The number of amides is 1. The van der Waals surface area contributed by atoms with Gasteiger partial charge in [-0.3, -0.25) is 4.79 Å². The highest BCUT2D eigenvalue weighted by Gasteiger charge is 2.43. The number of hydrogen-bond acceptors (Lipinski definition) is 7. The smallest absolute Gasteiger partial charge is 0.272 e. The molecule has 0 bridgehead atoms. The average molecular weight is 467 g/mol. The second-order valence-corrected chi connectivity index (χ2v) is 9.78. The van der Waals surface area contributed by atoms with Gasteiger partial charge >= 0.3 is 0 Å². The highest BCUT2D eigenvalue weighted by atomic mass is 35.5. The number of nitriles is 1. The second-order valence-electron chi connectivity index (χ2n) is 9.37. The maximum Gasteiger partial charge on any atom is 0.272 e. The molecule has 1 spiro atoms. The van der Waals surface area contributed by atoms with Gasteiger partial charge in [-0.05, 0) is 56.4 Å². The second kappa shape index (κ2) is 9.16. The average Bonchev–Trinajstić information content (AvgIpc) is 3.27. The molecule has 1 aromatic carbocycles. The van der Waals surface area contributed by atoms with Crippen molar-refractivity contribution in [3.05, 3.63) is 46.6 Å². The van der Waals surface area contributed by atoms with E-state index < -0.39 is 0 Å². The van der Waals surface area contributed by atoms with Gasteiger partial charge in [0.2, 0.25) is 0 Å². The predicted molar refractivity (Wildman–Crippen MR) is 124 cm³/mol. The van der Waals surface area contributed by atoms with Crippen LogP contribution >= 0.6 is 11.6 Å². The SMILES string of the molecule is N#Cc1ccc(O[C@H]2CC[C@H](NC(=O)c3ccc(N4CCC5(CNC5)C4)nn3)CC2)cc1Cl. The van der Waals surface area contributed by atoms with Crippen molar-refractivity contribution in [1.82, 2.24) is 20.8 Å². The summed E-state index contributed by atoms with van der Waals surface area (Å²) >= 11 is 6.09. The van der Waals surface area contributed by atoms with Crippen molar-refractivity contribution in [3.8, 4) is 11.8 Å². The summed E-state index contributed by atoms with van der Waals surface area (Å²) in [7, 11) is 0. The molecule has 5 rings (SSSR count). The first-order valence-corrected chi connectivity index (χ1v) is 11.9. The number of benzene rings is 1. The van der Waals surface area contributed by atoms with Crippen molar-refractivity contribution in [2.75, 3.05) is 31.1 Å². The van der Waals surface area contributed by atoms with Crippen molar-refractivity contribution in [1.29, 1.82) is 5.26 Å². The molecule has 2 N–H and O–H groups in total. The van der Waals surface area contributed by atoms with Crippen molar-refractivity contribution >= 4 is 23.3 Å². The van der Waals surface area contributed by atoms with Crippen molar-refractivity contribution in [2.24, 2.45) is 5.41 Å². The zero-order valence-electron chi connectivity index (χ0n) is 18.4. The van der Waals surface area contributed by atoms with Crippen LogP contribution in [0.4, 0.5) is 5.82 Å². The molecule has 1 saturated carbocycles. The van der Waals surface area contributed by atoms with Crippen LogP contribution < -0.4 is 20.3 Å². The summed E-state index contributed by atoms with van der Waals surface area (Å²) in [4.78, 5) is 14.9. The first-order valence-electron chi connectivity index (χ1n) is 11.5. The summed E-state index contributed by atoms with van der Waals surface area (Å²) in [5.41, 5.74) is 1.18. The fourth-order valence-electron chi connectivity index (χ4n) is 4.95. The lowest BCUT2D eigenvalue weighted by Gasteiger charge is -2.39. The van der Waals surface area contributed by atoms with Crippen LogP contribution in [-0.4, -0.2) is 54.4 Å². The van der Waals surface area contributed by atoms with E-state index in [1.807, 2.05) is 12.1 Å². The van der Waals surface area contributed by atoms with E-state index in [2.05, 4.69) is 25.7 Å². The van der Waals surface area contributed by atoms with Gasteiger partial charge < -0.3 is 20.3 Å². The monoisotopic (exact) mass is 466 g/mol. The Morgan fingerprint density at radius 3 is 2.64 bits per heavy atom. The highest BCUT2D eigenvalue weighted by molar-refractivity contribution is 6.31. The van der Waals surface area contributed by atoms with Crippen molar-refractivity contribution < 1.29 is 9.53 Å². The van der Waals surface area contributed by atoms with Gasteiger partial charge in [-0.25, -0.2) is 0 Å². The number of aromatic nitrogens is 2. The lowest BCUT2D eigenvalue weighted by atomic mass is 9.81. The molecule has 0 atom stereocenters. The number of rotatable bonds is 5. The lowest BCUT2D eigenvalue weighted by molar-refractivity contribution is 0.0888. The number of carbonyl (C=O) groups is 1. The number of hydrogen-bond donors (Lipinski definition) is 2. The molecule has 0 radical (unpaired) electrons. The van der Waals surface area contributed by atoms with Gasteiger partial charge in [0.05, 0.1) is 16.7 Å². The van der Waals surface area contributed by atoms with E-state index in [-0.39, 0.29) is 18.1 Å². The van der Waals surface area contributed by atoms with Crippen LogP contribution in [0.1, 0.15) is 48.2 Å². The van der Waals surface area contributed by atoms with Crippen LogP contribution in [0, 0.1) is 16.7 Å². The topological polar surface area (TPSA) is 103 Å². The number of nitrogens with zero attached hydrogens (tertiary/aromatic N) is 4. The van der Waals surface area contributed by atoms with Crippen LogP contribution in [0.25, 0.3) is 0 Å². The molecule has 8 nitrogen and oxygen atoms in total. The van der Waals surface area contributed by atoms with Crippen LogP contribution in [0.2, 0.25) is 5.02 Å². The fraction of sp³-hybridized carbons (Fsp3) is 0.500. The molecule has 1 aliphatic carbocycles. The number of carbonyl (C=O) groups excluding carboxylic acids is 1. The summed E-state index contributed by atoms with van der Waals surface area (Å²) in [5.74, 6) is 1.33. The summed E-state index contributed by atoms with van der Waals surface area (Å²) in [6.45, 7) is 4.14. The van der Waals surface area contributed by atoms with E-state index in [0.717, 1.165) is 57.7 Å². The zero-order chi connectivity index (χ0) is 22.8. The molecule has 172 valence electrons. The molecule has 1 aromatic heterocycles. The molecular weight excluding hydrogens is 440 g/mol. The Balaban J connectivity index is 1.09. The first-order chi connectivity index (χ1) is 16.0. The van der Waals surface area contributed by atoms with Gasteiger partial charge in [-0.15, -0.1) is 10.2 Å². The minimum atomic E-state index is -0.182. The molecule has 1 amide bonds. The zero-order valence-corrected chi connectivity index (χ0v) is 19.1. The van der Waals surface area contributed by atoms with Crippen LogP contribution in [0.5, 0.6) is 5.75 Å². The largest absolute Gasteiger partial charge is 0.490 e. The molecular formula is C24H27ClN6O2. The Bertz CT molecular complexity index is 1060. The molecule has 9 heteroatoms.